The fourth-order valence-electron chi connectivity index (χ4n) is 2.66. The second kappa shape index (κ2) is 7.46. The van der Waals surface area contributed by atoms with E-state index >= 15 is 0 Å². The van der Waals surface area contributed by atoms with Crippen molar-refractivity contribution < 1.29 is 9.53 Å². The topological polar surface area (TPSA) is 41.6 Å². The van der Waals surface area contributed by atoms with Crippen molar-refractivity contribution >= 4 is 5.91 Å². The zero-order valence-electron chi connectivity index (χ0n) is 13.3. The number of hydrogen-bond donors (Lipinski definition) is 1. The molecule has 21 heavy (non-hydrogen) atoms. The predicted octanol–water partition coefficient (Wildman–Crippen LogP) is 2.28. The molecule has 0 radical (unpaired) electrons. The van der Waals surface area contributed by atoms with Crippen LogP contribution in [0.5, 0.6) is 5.75 Å². The summed E-state index contributed by atoms with van der Waals surface area (Å²) in [5.74, 6) is 1.04. The maximum absolute atomic E-state index is 12.2. The van der Waals surface area contributed by atoms with Crippen LogP contribution in [0.3, 0.4) is 0 Å². The van der Waals surface area contributed by atoms with Gasteiger partial charge in [-0.25, -0.2) is 0 Å². The maximum Gasteiger partial charge on any atom is 0.226 e. The lowest BCUT2D eigenvalue weighted by atomic mass is 10.1. The normalized spacial score (nSPS) is 18.6. The molecule has 1 aliphatic rings. The molecule has 1 aromatic carbocycles. The van der Waals surface area contributed by atoms with Gasteiger partial charge in [-0.05, 0) is 57.0 Å². The fourth-order valence-corrected chi connectivity index (χ4v) is 2.66. The second-order valence-corrected chi connectivity index (χ2v) is 5.81. The molecule has 1 saturated heterocycles. The lowest BCUT2D eigenvalue weighted by Gasteiger charge is -2.32. The molecule has 1 aromatic rings. The van der Waals surface area contributed by atoms with Gasteiger partial charge >= 0.3 is 0 Å². The summed E-state index contributed by atoms with van der Waals surface area (Å²) < 4.78 is 5.69. The maximum atomic E-state index is 12.2. The number of rotatable bonds is 5. The lowest BCUT2D eigenvalue weighted by molar-refractivity contribution is -0.133. The van der Waals surface area contributed by atoms with Gasteiger partial charge in [0.25, 0.3) is 0 Å². The number of nitrogens with zero attached hydrogens (tertiary/aromatic N) is 1. The Balaban J connectivity index is 1.77. The first-order valence-electron chi connectivity index (χ1n) is 7.75. The molecule has 0 aromatic heterocycles. The Morgan fingerprint density at radius 1 is 1.38 bits per heavy atom. The van der Waals surface area contributed by atoms with E-state index in [-0.39, 0.29) is 5.91 Å². The minimum atomic E-state index is 0.193. The summed E-state index contributed by atoms with van der Waals surface area (Å²) in [6, 6.07) is 6.47. The number of ether oxygens (including phenoxy) is 1. The van der Waals surface area contributed by atoms with E-state index in [4.69, 9.17) is 4.74 Å². The Labute approximate surface area is 127 Å². The minimum absolute atomic E-state index is 0.193. The lowest BCUT2D eigenvalue weighted by Crippen LogP contribution is -2.47. The Morgan fingerprint density at radius 2 is 2.19 bits per heavy atom. The number of carbonyl (C=O) groups is 1. The number of amides is 1. The van der Waals surface area contributed by atoms with E-state index in [1.165, 1.54) is 11.1 Å². The number of likely N-dealkylation sites (N-methyl/N-ethyl adjacent to an activating group) is 1. The standard InChI is InChI=1S/C17H26N2O2/c1-13-6-7-16(11-14(13)2)21-10-8-17(20)19-9-4-5-15(12-19)18-3/h6-7,11,15,18H,4-5,8-10,12H2,1-3H3/t15-/m0/s1. The first kappa shape index (κ1) is 15.8. The van der Waals surface area contributed by atoms with Crippen LogP contribution in [0.15, 0.2) is 18.2 Å². The van der Waals surface area contributed by atoms with Crippen LogP contribution in [0.4, 0.5) is 0 Å². The highest BCUT2D eigenvalue weighted by molar-refractivity contribution is 5.76. The van der Waals surface area contributed by atoms with Crippen LogP contribution in [-0.2, 0) is 4.79 Å². The minimum Gasteiger partial charge on any atom is -0.493 e. The van der Waals surface area contributed by atoms with Crippen molar-refractivity contribution in [3.8, 4) is 5.75 Å². The summed E-state index contributed by atoms with van der Waals surface area (Å²) in [6.45, 7) is 6.29. The molecule has 1 atom stereocenters. The van der Waals surface area contributed by atoms with E-state index in [1.54, 1.807) is 0 Å². The average molecular weight is 290 g/mol. The van der Waals surface area contributed by atoms with Gasteiger partial charge in [0.1, 0.15) is 5.75 Å². The van der Waals surface area contributed by atoms with E-state index in [1.807, 2.05) is 24.1 Å². The van der Waals surface area contributed by atoms with E-state index < -0.39 is 0 Å². The largest absolute Gasteiger partial charge is 0.493 e. The van der Waals surface area contributed by atoms with Crippen molar-refractivity contribution in [2.45, 2.75) is 39.2 Å². The molecular formula is C17H26N2O2. The second-order valence-electron chi connectivity index (χ2n) is 5.81. The van der Waals surface area contributed by atoms with Gasteiger partial charge in [0.2, 0.25) is 5.91 Å². The molecule has 1 aliphatic heterocycles. The van der Waals surface area contributed by atoms with Gasteiger partial charge in [-0.3, -0.25) is 4.79 Å². The monoisotopic (exact) mass is 290 g/mol. The third-order valence-corrected chi connectivity index (χ3v) is 4.25. The number of piperidine rings is 1. The van der Waals surface area contributed by atoms with Crippen molar-refractivity contribution in [1.82, 2.24) is 10.2 Å². The summed E-state index contributed by atoms with van der Waals surface area (Å²) in [7, 11) is 1.96. The summed E-state index contributed by atoms with van der Waals surface area (Å²) in [4.78, 5) is 14.1. The molecule has 1 heterocycles. The highest BCUT2D eigenvalue weighted by Gasteiger charge is 2.22. The molecule has 116 valence electrons. The van der Waals surface area contributed by atoms with Crippen LogP contribution in [-0.4, -0.2) is 43.6 Å². The summed E-state index contributed by atoms with van der Waals surface area (Å²) in [5, 5.41) is 3.26. The number of likely N-dealkylation sites (tertiary alicyclic amines) is 1. The number of aryl methyl sites for hydroxylation is 2. The Morgan fingerprint density at radius 3 is 2.90 bits per heavy atom. The number of carbonyl (C=O) groups excluding carboxylic acids is 1. The van der Waals surface area contributed by atoms with E-state index in [0.29, 0.717) is 19.1 Å². The Hall–Kier alpha value is -1.55. The van der Waals surface area contributed by atoms with Gasteiger partial charge in [0.15, 0.2) is 0 Å². The van der Waals surface area contributed by atoms with Crippen LogP contribution in [0.1, 0.15) is 30.4 Å². The number of benzene rings is 1. The molecule has 0 unspecified atom stereocenters. The molecule has 1 N–H and O–H groups in total. The quantitative estimate of drug-likeness (QED) is 0.904. The molecule has 0 saturated carbocycles. The van der Waals surface area contributed by atoms with Crippen molar-refractivity contribution in [2.24, 2.45) is 0 Å². The van der Waals surface area contributed by atoms with Crippen molar-refractivity contribution in [3.63, 3.8) is 0 Å². The van der Waals surface area contributed by atoms with Gasteiger partial charge in [-0.15, -0.1) is 0 Å². The van der Waals surface area contributed by atoms with Crippen LogP contribution >= 0.6 is 0 Å². The number of nitrogens with one attached hydrogen (secondary N) is 1. The molecule has 4 heteroatoms. The Bertz CT molecular complexity index is 488. The molecule has 4 nitrogen and oxygen atoms in total. The van der Waals surface area contributed by atoms with Gasteiger partial charge in [0.05, 0.1) is 13.0 Å². The molecule has 1 amide bonds. The summed E-state index contributed by atoms with van der Waals surface area (Å²) in [5.41, 5.74) is 2.47. The van der Waals surface area contributed by atoms with Gasteiger partial charge in [0, 0.05) is 19.1 Å². The fraction of sp³-hybridized carbons (Fsp3) is 0.588. The van der Waals surface area contributed by atoms with Crippen LogP contribution in [0.25, 0.3) is 0 Å². The predicted molar refractivity (Wildman–Crippen MR) is 84.7 cm³/mol. The average Bonchev–Trinajstić information content (AvgIpc) is 2.50. The van der Waals surface area contributed by atoms with E-state index in [2.05, 4.69) is 25.2 Å². The van der Waals surface area contributed by atoms with Crippen LogP contribution < -0.4 is 10.1 Å². The molecule has 0 aliphatic carbocycles. The summed E-state index contributed by atoms with van der Waals surface area (Å²) in [6.07, 6.45) is 2.68. The molecule has 2 rings (SSSR count). The summed E-state index contributed by atoms with van der Waals surface area (Å²) >= 11 is 0. The molecule has 1 fully saturated rings. The van der Waals surface area contributed by atoms with Gasteiger partial charge < -0.3 is 15.0 Å². The van der Waals surface area contributed by atoms with Crippen molar-refractivity contribution in [2.75, 3.05) is 26.7 Å². The third kappa shape index (κ3) is 4.46. The van der Waals surface area contributed by atoms with Crippen LogP contribution in [0.2, 0.25) is 0 Å². The highest BCUT2D eigenvalue weighted by atomic mass is 16.5. The molecule has 0 spiro atoms. The van der Waals surface area contributed by atoms with E-state index in [0.717, 1.165) is 31.7 Å². The smallest absolute Gasteiger partial charge is 0.226 e. The first-order chi connectivity index (χ1) is 10.1. The van der Waals surface area contributed by atoms with E-state index in [9.17, 15) is 4.79 Å². The van der Waals surface area contributed by atoms with Crippen molar-refractivity contribution in [3.05, 3.63) is 29.3 Å². The zero-order chi connectivity index (χ0) is 15.2. The first-order valence-corrected chi connectivity index (χ1v) is 7.75. The molecular weight excluding hydrogens is 264 g/mol. The van der Waals surface area contributed by atoms with Gasteiger partial charge in [-0.1, -0.05) is 6.07 Å². The van der Waals surface area contributed by atoms with Gasteiger partial charge in [-0.2, -0.15) is 0 Å². The molecule has 0 bridgehead atoms. The SMILES string of the molecule is CN[C@H]1CCCN(C(=O)CCOc2ccc(C)c(C)c2)C1. The zero-order valence-corrected chi connectivity index (χ0v) is 13.3. The Kier molecular flexibility index (Phi) is 5.62. The highest BCUT2D eigenvalue weighted by Crippen LogP contribution is 2.17. The van der Waals surface area contributed by atoms with Crippen molar-refractivity contribution in [1.29, 1.82) is 0 Å². The van der Waals surface area contributed by atoms with Crippen LogP contribution in [0, 0.1) is 13.8 Å². The third-order valence-electron chi connectivity index (χ3n) is 4.25. The number of hydrogen-bond acceptors (Lipinski definition) is 3.